The molecule has 1 aromatic rings. The van der Waals surface area contributed by atoms with Gasteiger partial charge in [0.25, 0.3) is 0 Å². The number of carbonyl (C=O) groups excluding carboxylic acids is 1. The van der Waals surface area contributed by atoms with E-state index in [1.807, 2.05) is 13.8 Å². The van der Waals surface area contributed by atoms with Crippen molar-refractivity contribution in [2.45, 2.75) is 77.2 Å². The Hall–Kier alpha value is -1.76. The number of benzene rings is 1. The summed E-state index contributed by atoms with van der Waals surface area (Å²) in [6.07, 6.45) is 1.27. The standard InChI is InChI=1S/C23H33F3N2O2/c1-17(2)16-30-22(29)27-13-7-11-20(15-27)28(19-9-4-5-10-19)14-18-8-3-6-12-21(18)23(24,25)26/h3,6,8,12,17,19-20H,4-5,7,9-11,13-16H2,1-2H3/t20-/m0/s1. The Balaban J connectivity index is 1.77. The van der Waals surface area contributed by atoms with E-state index in [0.717, 1.165) is 38.5 Å². The maximum Gasteiger partial charge on any atom is 0.416 e. The first-order valence-corrected chi connectivity index (χ1v) is 11.1. The average molecular weight is 427 g/mol. The zero-order chi connectivity index (χ0) is 21.7. The summed E-state index contributed by atoms with van der Waals surface area (Å²) in [5.41, 5.74) is -0.242. The largest absolute Gasteiger partial charge is 0.449 e. The maximum absolute atomic E-state index is 13.5. The third-order valence-electron chi connectivity index (χ3n) is 6.13. The minimum atomic E-state index is -4.36. The number of piperidine rings is 1. The van der Waals surface area contributed by atoms with Crippen LogP contribution in [-0.4, -0.2) is 47.7 Å². The highest BCUT2D eigenvalue weighted by Crippen LogP contribution is 2.35. The van der Waals surface area contributed by atoms with Gasteiger partial charge >= 0.3 is 12.3 Å². The van der Waals surface area contributed by atoms with E-state index >= 15 is 0 Å². The molecular weight excluding hydrogens is 393 g/mol. The van der Waals surface area contributed by atoms with Crippen molar-refractivity contribution in [2.24, 2.45) is 5.92 Å². The van der Waals surface area contributed by atoms with E-state index in [0.29, 0.717) is 25.3 Å². The molecule has 1 atom stereocenters. The van der Waals surface area contributed by atoms with Crippen molar-refractivity contribution in [3.8, 4) is 0 Å². The Labute approximate surface area is 177 Å². The van der Waals surface area contributed by atoms with Crippen molar-refractivity contribution in [1.29, 1.82) is 0 Å². The summed E-state index contributed by atoms with van der Waals surface area (Å²) >= 11 is 0. The highest BCUT2D eigenvalue weighted by Gasteiger charge is 2.37. The Kier molecular flexibility index (Phi) is 7.66. The van der Waals surface area contributed by atoms with Crippen LogP contribution in [0.4, 0.5) is 18.0 Å². The lowest BCUT2D eigenvalue weighted by atomic mass is 9.98. The summed E-state index contributed by atoms with van der Waals surface area (Å²) in [5, 5.41) is 0. The summed E-state index contributed by atoms with van der Waals surface area (Å²) in [6, 6.07) is 6.19. The fourth-order valence-corrected chi connectivity index (χ4v) is 4.64. The fourth-order valence-electron chi connectivity index (χ4n) is 4.64. The molecule has 1 aliphatic heterocycles. The molecule has 1 aromatic carbocycles. The third kappa shape index (κ3) is 5.90. The second-order valence-corrected chi connectivity index (χ2v) is 8.98. The molecule has 2 aliphatic rings. The maximum atomic E-state index is 13.5. The molecular formula is C23H33F3N2O2. The summed E-state index contributed by atoms with van der Waals surface area (Å²) in [4.78, 5) is 16.4. The first-order chi connectivity index (χ1) is 14.3. The second kappa shape index (κ2) is 10.0. The van der Waals surface area contributed by atoms with Gasteiger partial charge in [0.1, 0.15) is 0 Å². The van der Waals surface area contributed by atoms with Crippen LogP contribution in [0.3, 0.4) is 0 Å². The lowest BCUT2D eigenvalue weighted by molar-refractivity contribution is -0.138. The van der Waals surface area contributed by atoms with Crippen LogP contribution >= 0.6 is 0 Å². The van der Waals surface area contributed by atoms with Crippen LogP contribution < -0.4 is 0 Å². The van der Waals surface area contributed by atoms with E-state index in [9.17, 15) is 18.0 Å². The van der Waals surface area contributed by atoms with E-state index in [-0.39, 0.29) is 30.6 Å². The lowest BCUT2D eigenvalue weighted by Gasteiger charge is -2.42. The molecule has 0 bridgehead atoms. The van der Waals surface area contributed by atoms with Gasteiger partial charge in [-0.3, -0.25) is 4.90 Å². The third-order valence-corrected chi connectivity index (χ3v) is 6.13. The number of amides is 1. The smallest absolute Gasteiger partial charge is 0.416 e. The van der Waals surface area contributed by atoms with Crippen LogP contribution in [0.15, 0.2) is 24.3 Å². The molecule has 168 valence electrons. The SMILES string of the molecule is CC(C)COC(=O)N1CCC[C@H](N(Cc2ccccc2C(F)(F)F)C2CCCC2)C1. The molecule has 3 rings (SSSR count). The average Bonchev–Trinajstić information content (AvgIpc) is 3.24. The first-order valence-electron chi connectivity index (χ1n) is 11.1. The predicted octanol–water partition coefficient (Wildman–Crippen LogP) is 5.71. The predicted molar refractivity (Wildman–Crippen MR) is 110 cm³/mol. The summed E-state index contributed by atoms with van der Waals surface area (Å²) < 4.78 is 46.0. The highest BCUT2D eigenvalue weighted by atomic mass is 19.4. The molecule has 1 saturated heterocycles. The van der Waals surface area contributed by atoms with Gasteiger partial charge in [0, 0.05) is 31.7 Å². The van der Waals surface area contributed by atoms with Gasteiger partial charge in [0.05, 0.1) is 12.2 Å². The number of carbonyl (C=O) groups is 1. The molecule has 0 unspecified atom stereocenters. The van der Waals surface area contributed by atoms with Crippen molar-refractivity contribution in [2.75, 3.05) is 19.7 Å². The van der Waals surface area contributed by atoms with Crippen LogP contribution in [0.1, 0.15) is 63.5 Å². The van der Waals surface area contributed by atoms with Crippen LogP contribution in [0.2, 0.25) is 0 Å². The number of hydrogen-bond acceptors (Lipinski definition) is 3. The van der Waals surface area contributed by atoms with Gasteiger partial charge in [-0.25, -0.2) is 4.79 Å². The first kappa shape index (κ1) is 22.9. The number of ether oxygens (including phenoxy) is 1. The quantitative estimate of drug-likeness (QED) is 0.584. The second-order valence-electron chi connectivity index (χ2n) is 8.98. The van der Waals surface area contributed by atoms with Crippen LogP contribution in [-0.2, 0) is 17.5 Å². The molecule has 1 aliphatic carbocycles. The lowest BCUT2D eigenvalue weighted by Crippen LogP contribution is -2.52. The van der Waals surface area contributed by atoms with E-state index in [4.69, 9.17) is 4.74 Å². The molecule has 30 heavy (non-hydrogen) atoms. The minimum Gasteiger partial charge on any atom is -0.449 e. The summed E-state index contributed by atoms with van der Waals surface area (Å²) in [6.45, 7) is 5.79. The molecule has 2 fully saturated rings. The van der Waals surface area contributed by atoms with Crippen molar-refractivity contribution in [1.82, 2.24) is 9.80 Å². The molecule has 0 radical (unpaired) electrons. The van der Waals surface area contributed by atoms with Crippen molar-refractivity contribution < 1.29 is 22.7 Å². The van der Waals surface area contributed by atoms with Gasteiger partial charge in [-0.2, -0.15) is 13.2 Å². The van der Waals surface area contributed by atoms with Gasteiger partial charge in [-0.1, -0.05) is 44.9 Å². The molecule has 1 saturated carbocycles. The number of likely N-dealkylation sites (tertiary alicyclic amines) is 1. The van der Waals surface area contributed by atoms with E-state index in [1.54, 1.807) is 17.0 Å². The monoisotopic (exact) mass is 426 g/mol. The zero-order valence-electron chi connectivity index (χ0n) is 18.0. The van der Waals surface area contributed by atoms with Crippen LogP contribution in [0, 0.1) is 5.92 Å². The van der Waals surface area contributed by atoms with Crippen LogP contribution in [0.25, 0.3) is 0 Å². The number of alkyl halides is 3. The topological polar surface area (TPSA) is 32.8 Å². The van der Waals surface area contributed by atoms with Gasteiger partial charge in [0.15, 0.2) is 0 Å². The molecule has 0 spiro atoms. The summed E-state index contributed by atoms with van der Waals surface area (Å²) in [5.74, 6) is 0.267. The van der Waals surface area contributed by atoms with Crippen LogP contribution in [0.5, 0.6) is 0 Å². The van der Waals surface area contributed by atoms with E-state index in [1.165, 1.54) is 12.1 Å². The Bertz CT molecular complexity index is 702. The Morgan fingerprint density at radius 1 is 1.13 bits per heavy atom. The van der Waals surface area contributed by atoms with Crippen molar-refractivity contribution >= 4 is 6.09 Å². The van der Waals surface area contributed by atoms with Crippen molar-refractivity contribution in [3.05, 3.63) is 35.4 Å². The highest BCUT2D eigenvalue weighted by molar-refractivity contribution is 5.67. The number of hydrogen-bond donors (Lipinski definition) is 0. The Morgan fingerprint density at radius 3 is 2.47 bits per heavy atom. The number of rotatable bonds is 6. The molecule has 4 nitrogen and oxygen atoms in total. The van der Waals surface area contributed by atoms with E-state index < -0.39 is 11.7 Å². The van der Waals surface area contributed by atoms with E-state index in [2.05, 4.69) is 4.90 Å². The Morgan fingerprint density at radius 2 is 1.80 bits per heavy atom. The number of halogens is 3. The van der Waals surface area contributed by atoms with Gasteiger partial charge in [0.2, 0.25) is 0 Å². The van der Waals surface area contributed by atoms with Gasteiger partial charge in [-0.15, -0.1) is 0 Å². The molecule has 0 aromatic heterocycles. The molecule has 0 N–H and O–H groups in total. The van der Waals surface area contributed by atoms with Gasteiger partial charge in [-0.05, 0) is 43.2 Å². The zero-order valence-corrected chi connectivity index (χ0v) is 18.0. The molecule has 1 heterocycles. The fraction of sp³-hybridized carbons (Fsp3) is 0.696. The minimum absolute atomic E-state index is 0.0507. The molecule has 1 amide bonds. The number of nitrogens with zero attached hydrogens (tertiary/aromatic N) is 2. The van der Waals surface area contributed by atoms with Crippen molar-refractivity contribution in [3.63, 3.8) is 0 Å². The van der Waals surface area contributed by atoms with Gasteiger partial charge < -0.3 is 9.64 Å². The molecule has 7 heteroatoms. The summed E-state index contributed by atoms with van der Waals surface area (Å²) in [7, 11) is 0. The normalized spacial score (nSPS) is 20.9.